The Morgan fingerprint density at radius 3 is 2.78 bits per heavy atom. The molecule has 5 heteroatoms. The Hall–Kier alpha value is -1.55. The number of rotatable bonds is 5. The second-order valence-corrected chi connectivity index (χ2v) is 4.22. The van der Waals surface area contributed by atoms with Crippen LogP contribution in [0.15, 0.2) is 24.3 Å². The van der Waals surface area contributed by atoms with Gasteiger partial charge in [-0.1, -0.05) is 30.7 Å². The molecule has 1 heterocycles. The lowest BCUT2D eigenvalue weighted by molar-refractivity contribution is 0.411. The van der Waals surface area contributed by atoms with Crippen LogP contribution in [-0.2, 0) is 12.3 Å². The first-order valence-corrected chi connectivity index (χ1v) is 6.48. The van der Waals surface area contributed by atoms with E-state index in [1.807, 2.05) is 28.9 Å². The summed E-state index contributed by atoms with van der Waals surface area (Å²) in [5, 5.41) is 8.32. The summed E-state index contributed by atoms with van der Waals surface area (Å²) < 4.78 is 7.17. The minimum atomic E-state index is 0.379. The first-order chi connectivity index (χ1) is 8.81. The Balaban J connectivity index is 2.52. The number of halogens is 1. The van der Waals surface area contributed by atoms with E-state index < -0.39 is 0 Å². The zero-order valence-electron chi connectivity index (χ0n) is 10.6. The molecule has 2 rings (SSSR count). The Morgan fingerprint density at radius 2 is 2.11 bits per heavy atom. The Kier molecular flexibility index (Phi) is 4.20. The molecule has 0 N–H and O–H groups in total. The highest BCUT2D eigenvalue weighted by atomic mass is 35.5. The first-order valence-electron chi connectivity index (χ1n) is 5.94. The van der Waals surface area contributed by atoms with Gasteiger partial charge in [0.25, 0.3) is 0 Å². The summed E-state index contributed by atoms with van der Waals surface area (Å²) in [5.41, 5.74) is 2.79. The van der Waals surface area contributed by atoms with Gasteiger partial charge in [0.1, 0.15) is 17.1 Å². The van der Waals surface area contributed by atoms with Crippen LogP contribution in [0.3, 0.4) is 0 Å². The topological polar surface area (TPSA) is 39.9 Å². The SMILES string of the molecule is CCCc1c(CCl)nnn1-c1ccccc1OC. The van der Waals surface area contributed by atoms with E-state index in [4.69, 9.17) is 16.3 Å². The monoisotopic (exact) mass is 265 g/mol. The van der Waals surface area contributed by atoms with Gasteiger partial charge in [0.2, 0.25) is 0 Å². The fourth-order valence-corrected chi connectivity index (χ4v) is 2.13. The van der Waals surface area contributed by atoms with Crippen LogP contribution in [0.5, 0.6) is 5.75 Å². The van der Waals surface area contributed by atoms with Gasteiger partial charge < -0.3 is 4.74 Å². The van der Waals surface area contributed by atoms with Crippen LogP contribution >= 0.6 is 11.6 Å². The fourth-order valence-electron chi connectivity index (χ4n) is 1.92. The number of hydrogen-bond donors (Lipinski definition) is 0. The van der Waals surface area contributed by atoms with E-state index in [9.17, 15) is 0 Å². The van der Waals surface area contributed by atoms with Crippen LogP contribution in [0, 0.1) is 0 Å². The molecular weight excluding hydrogens is 250 g/mol. The molecule has 2 aromatic rings. The second kappa shape index (κ2) is 5.87. The Morgan fingerprint density at radius 1 is 1.33 bits per heavy atom. The molecule has 0 aliphatic carbocycles. The van der Waals surface area contributed by atoms with E-state index in [2.05, 4.69) is 17.2 Å². The predicted molar refractivity (Wildman–Crippen MR) is 71.5 cm³/mol. The van der Waals surface area contributed by atoms with Gasteiger partial charge in [-0.25, -0.2) is 4.68 Å². The predicted octanol–water partition coefficient (Wildman–Crippen LogP) is 2.97. The lowest BCUT2D eigenvalue weighted by Crippen LogP contribution is -2.05. The average molecular weight is 266 g/mol. The van der Waals surface area contributed by atoms with E-state index >= 15 is 0 Å². The van der Waals surface area contributed by atoms with E-state index in [0.29, 0.717) is 5.88 Å². The highest BCUT2D eigenvalue weighted by molar-refractivity contribution is 6.16. The van der Waals surface area contributed by atoms with Crippen molar-refractivity contribution >= 4 is 11.6 Å². The molecular formula is C13H16ClN3O. The Bertz CT molecular complexity index is 525. The molecule has 0 aliphatic rings. The molecule has 0 aliphatic heterocycles. The zero-order chi connectivity index (χ0) is 13.0. The van der Waals surface area contributed by atoms with Gasteiger partial charge in [-0.15, -0.1) is 16.7 Å². The molecule has 0 fully saturated rings. The highest BCUT2D eigenvalue weighted by Crippen LogP contribution is 2.24. The molecule has 0 spiro atoms. The van der Waals surface area contributed by atoms with Gasteiger partial charge in [0.05, 0.1) is 18.7 Å². The lowest BCUT2D eigenvalue weighted by Gasteiger charge is -2.10. The molecule has 4 nitrogen and oxygen atoms in total. The molecule has 96 valence electrons. The van der Waals surface area contributed by atoms with Crippen molar-refractivity contribution in [3.05, 3.63) is 35.7 Å². The third-order valence-corrected chi connectivity index (χ3v) is 3.02. The summed E-state index contributed by atoms with van der Waals surface area (Å²) in [6, 6.07) is 7.76. The van der Waals surface area contributed by atoms with Crippen molar-refractivity contribution in [2.75, 3.05) is 7.11 Å². The molecule has 0 saturated heterocycles. The van der Waals surface area contributed by atoms with Gasteiger partial charge in [0, 0.05) is 0 Å². The van der Waals surface area contributed by atoms with E-state index in [1.54, 1.807) is 7.11 Å². The number of para-hydroxylation sites is 2. The minimum Gasteiger partial charge on any atom is -0.494 e. The standard InChI is InChI=1S/C13H16ClN3O/c1-3-6-11-10(9-14)15-16-17(11)12-7-4-5-8-13(12)18-2/h4-5,7-8H,3,6,9H2,1-2H3. The minimum absolute atomic E-state index is 0.379. The van der Waals surface area contributed by atoms with E-state index in [0.717, 1.165) is 35.7 Å². The van der Waals surface area contributed by atoms with Crippen molar-refractivity contribution < 1.29 is 4.74 Å². The zero-order valence-corrected chi connectivity index (χ0v) is 11.3. The average Bonchev–Trinajstić information content (AvgIpc) is 2.82. The molecule has 18 heavy (non-hydrogen) atoms. The van der Waals surface area contributed by atoms with E-state index in [-0.39, 0.29) is 0 Å². The molecule has 0 unspecified atom stereocenters. The van der Waals surface area contributed by atoms with Crippen molar-refractivity contribution in [2.24, 2.45) is 0 Å². The van der Waals surface area contributed by atoms with Crippen LogP contribution in [0.1, 0.15) is 24.7 Å². The van der Waals surface area contributed by atoms with Crippen molar-refractivity contribution in [1.29, 1.82) is 0 Å². The number of hydrogen-bond acceptors (Lipinski definition) is 3. The molecule has 0 bridgehead atoms. The summed E-state index contributed by atoms with van der Waals surface area (Å²) in [6.07, 6.45) is 1.92. The normalized spacial score (nSPS) is 10.6. The largest absolute Gasteiger partial charge is 0.494 e. The van der Waals surface area contributed by atoms with Gasteiger partial charge in [0.15, 0.2) is 0 Å². The lowest BCUT2D eigenvalue weighted by atomic mass is 10.2. The maximum atomic E-state index is 5.90. The first kappa shape index (κ1) is 12.9. The van der Waals surface area contributed by atoms with Crippen LogP contribution < -0.4 is 4.74 Å². The fraction of sp³-hybridized carbons (Fsp3) is 0.385. The van der Waals surface area contributed by atoms with Crippen molar-refractivity contribution in [3.8, 4) is 11.4 Å². The number of benzene rings is 1. The summed E-state index contributed by atoms with van der Waals surface area (Å²) in [5.74, 6) is 1.16. The third kappa shape index (κ3) is 2.34. The number of nitrogens with zero attached hydrogens (tertiary/aromatic N) is 3. The van der Waals surface area contributed by atoms with Gasteiger partial charge >= 0.3 is 0 Å². The number of ether oxygens (including phenoxy) is 1. The van der Waals surface area contributed by atoms with Crippen molar-refractivity contribution in [2.45, 2.75) is 25.6 Å². The van der Waals surface area contributed by atoms with Gasteiger partial charge in [-0.05, 0) is 18.6 Å². The van der Waals surface area contributed by atoms with Crippen molar-refractivity contribution in [1.82, 2.24) is 15.0 Å². The molecule has 1 aromatic heterocycles. The van der Waals surface area contributed by atoms with Gasteiger partial charge in [-0.2, -0.15) is 0 Å². The smallest absolute Gasteiger partial charge is 0.144 e. The summed E-state index contributed by atoms with van der Waals surface area (Å²) in [4.78, 5) is 0. The molecule has 0 radical (unpaired) electrons. The Labute approximate surface area is 112 Å². The molecule has 1 aromatic carbocycles. The van der Waals surface area contributed by atoms with Crippen LogP contribution in [0.4, 0.5) is 0 Å². The number of aromatic nitrogens is 3. The third-order valence-electron chi connectivity index (χ3n) is 2.77. The maximum Gasteiger partial charge on any atom is 0.144 e. The van der Waals surface area contributed by atoms with Crippen LogP contribution in [-0.4, -0.2) is 22.1 Å². The van der Waals surface area contributed by atoms with Crippen LogP contribution in [0.2, 0.25) is 0 Å². The summed E-state index contributed by atoms with van der Waals surface area (Å²) in [7, 11) is 1.65. The quantitative estimate of drug-likeness (QED) is 0.781. The van der Waals surface area contributed by atoms with Crippen LogP contribution in [0.25, 0.3) is 5.69 Å². The molecule has 0 amide bonds. The maximum absolute atomic E-state index is 5.90. The van der Waals surface area contributed by atoms with Crippen molar-refractivity contribution in [3.63, 3.8) is 0 Å². The molecule has 0 atom stereocenters. The van der Waals surface area contributed by atoms with E-state index in [1.165, 1.54) is 0 Å². The van der Waals surface area contributed by atoms with Gasteiger partial charge in [-0.3, -0.25) is 0 Å². The second-order valence-electron chi connectivity index (χ2n) is 3.95. The molecule has 0 saturated carbocycles. The number of methoxy groups -OCH3 is 1. The summed E-state index contributed by atoms with van der Waals surface area (Å²) >= 11 is 5.90. The highest BCUT2D eigenvalue weighted by Gasteiger charge is 2.15. The number of alkyl halides is 1. The summed E-state index contributed by atoms with van der Waals surface area (Å²) in [6.45, 7) is 2.12.